The summed E-state index contributed by atoms with van der Waals surface area (Å²) in [5.74, 6) is 0.947. The number of rotatable bonds is 8. The van der Waals surface area contributed by atoms with Crippen LogP contribution < -0.4 is 10.6 Å². The highest BCUT2D eigenvalue weighted by molar-refractivity contribution is 7.99. The summed E-state index contributed by atoms with van der Waals surface area (Å²) in [6.07, 6.45) is 1.38. The molecular formula is C17H28N2O2S. The van der Waals surface area contributed by atoms with Crippen molar-refractivity contribution in [1.29, 1.82) is 0 Å². The van der Waals surface area contributed by atoms with Crippen molar-refractivity contribution in [2.24, 2.45) is 0 Å². The van der Waals surface area contributed by atoms with Crippen LogP contribution in [0, 0.1) is 6.92 Å². The first-order valence-electron chi connectivity index (χ1n) is 7.86. The molecule has 124 valence electrons. The second-order valence-electron chi connectivity index (χ2n) is 5.67. The van der Waals surface area contributed by atoms with Gasteiger partial charge >= 0.3 is 6.03 Å². The number of benzene rings is 1. The van der Waals surface area contributed by atoms with Crippen LogP contribution in [-0.2, 0) is 5.75 Å². The molecule has 0 aromatic heterocycles. The molecule has 1 unspecified atom stereocenters. The number of anilines is 1. The van der Waals surface area contributed by atoms with Crippen molar-refractivity contribution in [3.05, 3.63) is 29.3 Å². The molecule has 1 aromatic carbocycles. The zero-order chi connectivity index (χ0) is 16.5. The molecule has 0 spiro atoms. The second kappa shape index (κ2) is 9.74. The van der Waals surface area contributed by atoms with Crippen LogP contribution in [0.4, 0.5) is 10.5 Å². The Morgan fingerprint density at radius 1 is 1.36 bits per heavy atom. The molecule has 4 nitrogen and oxygen atoms in total. The molecule has 2 amide bonds. The van der Waals surface area contributed by atoms with Gasteiger partial charge in [0.05, 0.1) is 0 Å². The summed E-state index contributed by atoms with van der Waals surface area (Å²) < 4.78 is 0. The normalized spacial score (nSPS) is 12.3. The molecular weight excluding hydrogens is 296 g/mol. The van der Waals surface area contributed by atoms with Crippen LogP contribution in [0.5, 0.6) is 0 Å². The van der Waals surface area contributed by atoms with Gasteiger partial charge in [0.1, 0.15) is 0 Å². The van der Waals surface area contributed by atoms with Gasteiger partial charge in [0.25, 0.3) is 0 Å². The van der Waals surface area contributed by atoms with Gasteiger partial charge in [0.15, 0.2) is 0 Å². The van der Waals surface area contributed by atoms with Gasteiger partial charge in [-0.1, -0.05) is 32.9 Å². The molecule has 0 heterocycles. The van der Waals surface area contributed by atoms with Gasteiger partial charge in [-0.05, 0) is 42.2 Å². The molecule has 3 N–H and O–H groups in total. The Hall–Kier alpha value is -1.20. The Morgan fingerprint density at radius 2 is 2.09 bits per heavy atom. The number of urea groups is 1. The van der Waals surface area contributed by atoms with E-state index in [0.717, 1.165) is 23.4 Å². The Kier molecular flexibility index (Phi) is 8.35. The Bertz CT molecular complexity index is 478. The molecule has 0 saturated heterocycles. The molecule has 0 aliphatic rings. The number of hydrogen-bond acceptors (Lipinski definition) is 3. The summed E-state index contributed by atoms with van der Waals surface area (Å²) in [7, 11) is 0. The first-order chi connectivity index (χ1) is 10.5. The smallest absolute Gasteiger partial charge is 0.319 e. The molecule has 0 aliphatic carbocycles. The fourth-order valence-corrected chi connectivity index (χ4v) is 2.94. The van der Waals surface area contributed by atoms with Crippen LogP contribution in [-0.4, -0.2) is 29.0 Å². The summed E-state index contributed by atoms with van der Waals surface area (Å²) in [5.41, 5.74) is 3.21. The first-order valence-corrected chi connectivity index (χ1v) is 8.91. The zero-order valence-corrected chi connectivity index (χ0v) is 14.8. The molecule has 1 aromatic rings. The van der Waals surface area contributed by atoms with Crippen LogP contribution in [0.2, 0.25) is 0 Å². The number of aliphatic hydroxyl groups excluding tert-OH is 1. The minimum atomic E-state index is -0.211. The maximum absolute atomic E-state index is 12.1. The lowest BCUT2D eigenvalue weighted by molar-refractivity contribution is 0.237. The number of nitrogens with one attached hydrogen (secondary N) is 2. The molecule has 22 heavy (non-hydrogen) atoms. The second-order valence-corrected chi connectivity index (χ2v) is 7.23. The molecule has 0 radical (unpaired) electrons. The van der Waals surface area contributed by atoms with E-state index in [-0.39, 0.29) is 18.7 Å². The Balaban J connectivity index is 2.68. The minimum Gasteiger partial charge on any atom is -0.396 e. The van der Waals surface area contributed by atoms with E-state index in [9.17, 15) is 4.79 Å². The van der Waals surface area contributed by atoms with Gasteiger partial charge in [-0.15, -0.1) is 0 Å². The largest absolute Gasteiger partial charge is 0.396 e. The van der Waals surface area contributed by atoms with E-state index in [4.69, 9.17) is 5.11 Å². The summed E-state index contributed by atoms with van der Waals surface area (Å²) in [4.78, 5) is 12.1. The standard InChI is InChI=1S/C17H28N2O2S/c1-5-15(9-10-20)18-17(21)19-16-8-6-7-14(13(16)4)11-22-12(2)3/h6-8,12,15,20H,5,9-11H2,1-4H3,(H2,18,19,21). The monoisotopic (exact) mass is 324 g/mol. The maximum Gasteiger partial charge on any atom is 0.319 e. The third-order valence-electron chi connectivity index (χ3n) is 3.57. The van der Waals surface area contributed by atoms with Crippen molar-refractivity contribution in [1.82, 2.24) is 5.32 Å². The molecule has 0 bridgehead atoms. The molecule has 0 fully saturated rings. The van der Waals surface area contributed by atoms with E-state index in [1.807, 2.05) is 37.7 Å². The van der Waals surface area contributed by atoms with E-state index in [2.05, 4.69) is 30.5 Å². The molecule has 0 saturated carbocycles. The summed E-state index contributed by atoms with van der Waals surface area (Å²) in [5, 5.41) is 15.4. The van der Waals surface area contributed by atoms with Crippen molar-refractivity contribution in [2.75, 3.05) is 11.9 Å². The first kappa shape index (κ1) is 18.8. The van der Waals surface area contributed by atoms with E-state index >= 15 is 0 Å². The van der Waals surface area contributed by atoms with Crippen molar-refractivity contribution < 1.29 is 9.90 Å². The zero-order valence-electron chi connectivity index (χ0n) is 14.0. The van der Waals surface area contributed by atoms with Crippen molar-refractivity contribution in [3.8, 4) is 0 Å². The van der Waals surface area contributed by atoms with Gasteiger partial charge < -0.3 is 15.7 Å². The van der Waals surface area contributed by atoms with Crippen molar-refractivity contribution in [3.63, 3.8) is 0 Å². The number of carbonyl (C=O) groups is 1. The van der Waals surface area contributed by atoms with Crippen LogP contribution in [0.1, 0.15) is 44.7 Å². The fraction of sp³-hybridized carbons (Fsp3) is 0.588. The fourth-order valence-electron chi connectivity index (χ4n) is 2.11. The lowest BCUT2D eigenvalue weighted by Crippen LogP contribution is -2.38. The Morgan fingerprint density at radius 3 is 2.68 bits per heavy atom. The average molecular weight is 324 g/mol. The highest BCUT2D eigenvalue weighted by Gasteiger charge is 2.12. The van der Waals surface area contributed by atoms with E-state index in [1.165, 1.54) is 5.56 Å². The number of thioether (sulfide) groups is 1. The molecule has 1 atom stereocenters. The van der Waals surface area contributed by atoms with Gasteiger partial charge in [0.2, 0.25) is 0 Å². The van der Waals surface area contributed by atoms with E-state index < -0.39 is 0 Å². The van der Waals surface area contributed by atoms with Gasteiger partial charge in [-0.25, -0.2) is 4.79 Å². The third kappa shape index (κ3) is 6.28. The SMILES string of the molecule is CCC(CCO)NC(=O)Nc1cccc(CSC(C)C)c1C. The summed E-state index contributed by atoms with van der Waals surface area (Å²) >= 11 is 1.89. The molecule has 1 rings (SSSR count). The van der Waals surface area contributed by atoms with Gasteiger partial charge in [0, 0.05) is 24.1 Å². The third-order valence-corrected chi connectivity index (χ3v) is 4.72. The highest BCUT2D eigenvalue weighted by Crippen LogP contribution is 2.24. The lowest BCUT2D eigenvalue weighted by Gasteiger charge is -2.18. The average Bonchev–Trinajstić information content (AvgIpc) is 2.47. The topological polar surface area (TPSA) is 61.4 Å². The van der Waals surface area contributed by atoms with Crippen LogP contribution in [0.25, 0.3) is 0 Å². The number of aliphatic hydroxyl groups is 1. The number of hydrogen-bond donors (Lipinski definition) is 3. The number of carbonyl (C=O) groups excluding carboxylic acids is 1. The van der Waals surface area contributed by atoms with Gasteiger partial charge in [-0.2, -0.15) is 11.8 Å². The van der Waals surface area contributed by atoms with Crippen molar-refractivity contribution >= 4 is 23.5 Å². The molecule has 5 heteroatoms. The lowest BCUT2D eigenvalue weighted by atomic mass is 10.1. The van der Waals surface area contributed by atoms with Crippen LogP contribution in [0.3, 0.4) is 0 Å². The predicted molar refractivity (Wildman–Crippen MR) is 95.5 cm³/mol. The van der Waals surface area contributed by atoms with Crippen LogP contribution in [0.15, 0.2) is 18.2 Å². The highest BCUT2D eigenvalue weighted by atomic mass is 32.2. The summed E-state index contributed by atoms with van der Waals surface area (Å²) in [6.45, 7) is 8.48. The summed E-state index contributed by atoms with van der Waals surface area (Å²) in [6, 6.07) is 5.80. The van der Waals surface area contributed by atoms with Gasteiger partial charge in [-0.3, -0.25) is 0 Å². The van der Waals surface area contributed by atoms with E-state index in [0.29, 0.717) is 11.7 Å². The van der Waals surface area contributed by atoms with Crippen LogP contribution >= 0.6 is 11.8 Å². The van der Waals surface area contributed by atoms with Crippen molar-refractivity contribution in [2.45, 2.75) is 57.6 Å². The minimum absolute atomic E-state index is 0.00462. The predicted octanol–water partition coefficient (Wildman–Crippen LogP) is 3.92. The number of amides is 2. The van der Waals surface area contributed by atoms with E-state index in [1.54, 1.807) is 0 Å². The maximum atomic E-state index is 12.1. The Labute approximate surface area is 138 Å². The quantitative estimate of drug-likeness (QED) is 0.679. The molecule has 0 aliphatic heterocycles.